The molecule has 3 nitrogen and oxygen atoms in total. The van der Waals surface area contributed by atoms with Crippen molar-refractivity contribution < 1.29 is 0 Å². The minimum atomic E-state index is 0.503. The van der Waals surface area contributed by atoms with Gasteiger partial charge in [0.25, 0.3) is 0 Å². The van der Waals surface area contributed by atoms with Gasteiger partial charge in [-0.3, -0.25) is 0 Å². The summed E-state index contributed by atoms with van der Waals surface area (Å²) in [5.74, 6) is 0. The molecule has 0 saturated carbocycles. The summed E-state index contributed by atoms with van der Waals surface area (Å²) in [6.07, 6.45) is 2.33. The highest BCUT2D eigenvalue weighted by Crippen LogP contribution is 1.89. The molecule has 3 heteroatoms. The van der Waals surface area contributed by atoms with E-state index in [1.165, 1.54) is 0 Å². The van der Waals surface area contributed by atoms with Crippen LogP contribution in [-0.4, -0.2) is 24.2 Å². The Morgan fingerprint density at radius 3 is 1.67 bits per heavy atom. The van der Waals surface area contributed by atoms with Crippen LogP contribution in [-0.2, 0) is 0 Å². The number of hydrogen-bond donors (Lipinski definition) is 2. The van der Waals surface area contributed by atoms with E-state index < -0.39 is 0 Å². The second-order valence-corrected chi connectivity index (χ2v) is 3.28. The summed E-state index contributed by atoms with van der Waals surface area (Å²) in [6.45, 7) is 10.8. The highest BCUT2D eigenvalue weighted by Gasteiger charge is 2.05. The summed E-state index contributed by atoms with van der Waals surface area (Å²) in [6, 6.07) is 0.503. The highest BCUT2D eigenvalue weighted by molar-refractivity contribution is 4.52. The minimum Gasteiger partial charge on any atom is -0.241 e. The minimum absolute atomic E-state index is 0.503. The fraction of sp³-hybridized carbons (Fsp3) is 1.00. The quantitative estimate of drug-likeness (QED) is 0.572. The number of hydrogen-bond acceptors (Lipinski definition) is 3. The van der Waals surface area contributed by atoms with E-state index in [1.54, 1.807) is 0 Å². The molecule has 0 aromatic rings. The van der Waals surface area contributed by atoms with Gasteiger partial charge in [-0.1, -0.05) is 13.8 Å². The lowest BCUT2D eigenvalue weighted by Gasteiger charge is -2.27. The maximum absolute atomic E-state index is 3.33. The molecule has 0 amide bonds. The van der Waals surface area contributed by atoms with Gasteiger partial charge < -0.3 is 0 Å². The van der Waals surface area contributed by atoms with Crippen molar-refractivity contribution in [2.24, 2.45) is 0 Å². The first kappa shape index (κ1) is 11.9. The van der Waals surface area contributed by atoms with Crippen LogP contribution >= 0.6 is 0 Å². The fourth-order valence-corrected chi connectivity index (χ4v) is 0.886. The van der Waals surface area contributed by atoms with E-state index in [1.807, 2.05) is 0 Å². The third kappa shape index (κ3) is 5.52. The molecule has 0 unspecified atom stereocenters. The number of rotatable bonds is 7. The van der Waals surface area contributed by atoms with E-state index in [-0.39, 0.29) is 0 Å². The van der Waals surface area contributed by atoms with Crippen molar-refractivity contribution in [1.29, 1.82) is 0 Å². The predicted molar refractivity (Wildman–Crippen MR) is 53.6 cm³/mol. The van der Waals surface area contributed by atoms with Gasteiger partial charge in [0.05, 0.1) is 0 Å². The van der Waals surface area contributed by atoms with E-state index in [0.717, 1.165) is 25.9 Å². The Morgan fingerprint density at radius 1 is 1.00 bits per heavy atom. The summed E-state index contributed by atoms with van der Waals surface area (Å²) in [5, 5.41) is 2.09. The first-order valence-corrected chi connectivity index (χ1v) is 4.98. The molecular weight excluding hydrogens is 150 g/mol. The predicted octanol–water partition coefficient (Wildman–Crippen LogP) is 1.53. The zero-order valence-corrected chi connectivity index (χ0v) is 8.85. The fourth-order valence-electron chi connectivity index (χ4n) is 0.886. The topological polar surface area (TPSA) is 27.3 Å². The lowest BCUT2D eigenvalue weighted by molar-refractivity contribution is 0.0754. The number of nitrogens with zero attached hydrogens (tertiary/aromatic N) is 1. The van der Waals surface area contributed by atoms with Crippen molar-refractivity contribution in [1.82, 2.24) is 16.0 Å². The van der Waals surface area contributed by atoms with Crippen molar-refractivity contribution in [3.63, 3.8) is 0 Å². The molecule has 0 heterocycles. The Morgan fingerprint density at radius 2 is 1.42 bits per heavy atom. The SMILES string of the molecule is CCCNN(NCCC)C(C)C. The number of nitrogens with one attached hydrogen (secondary N) is 2. The lowest BCUT2D eigenvalue weighted by atomic mass is 10.4. The Bertz CT molecular complexity index is 85.8. The molecule has 0 spiro atoms. The van der Waals surface area contributed by atoms with E-state index >= 15 is 0 Å². The van der Waals surface area contributed by atoms with Crippen molar-refractivity contribution in [2.45, 2.75) is 46.6 Å². The standard InChI is InChI=1S/C9H23N3/c1-5-7-10-12(9(3)4)11-8-6-2/h9-11H,5-8H2,1-4H3. The zero-order valence-electron chi connectivity index (χ0n) is 8.85. The van der Waals surface area contributed by atoms with Crippen LogP contribution in [0.4, 0.5) is 0 Å². The highest BCUT2D eigenvalue weighted by atomic mass is 15.7. The van der Waals surface area contributed by atoms with Gasteiger partial charge in [0.15, 0.2) is 0 Å². The van der Waals surface area contributed by atoms with Gasteiger partial charge in [-0.05, 0) is 26.7 Å². The van der Waals surface area contributed by atoms with Gasteiger partial charge in [0.2, 0.25) is 0 Å². The van der Waals surface area contributed by atoms with Crippen LogP contribution in [0.15, 0.2) is 0 Å². The van der Waals surface area contributed by atoms with E-state index in [0.29, 0.717) is 6.04 Å². The Hall–Kier alpha value is -0.120. The first-order valence-electron chi connectivity index (χ1n) is 4.98. The summed E-state index contributed by atoms with van der Waals surface area (Å²) in [5.41, 5.74) is 6.65. The third-order valence-electron chi connectivity index (χ3n) is 1.58. The molecule has 12 heavy (non-hydrogen) atoms. The molecule has 0 aromatic carbocycles. The van der Waals surface area contributed by atoms with E-state index in [2.05, 4.69) is 43.7 Å². The van der Waals surface area contributed by atoms with Gasteiger partial charge in [0, 0.05) is 19.1 Å². The van der Waals surface area contributed by atoms with Gasteiger partial charge in [-0.2, -0.15) is 5.12 Å². The lowest BCUT2D eigenvalue weighted by Crippen LogP contribution is -2.52. The first-order chi connectivity index (χ1) is 5.72. The largest absolute Gasteiger partial charge is 0.241 e. The van der Waals surface area contributed by atoms with Gasteiger partial charge in [-0.15, -0.1) is 0 Å². The van der Waals surface area contributed by atoms with Gasteiger partial charge in [0.1, 0.15) is 0 Å². The average molecular weight is 173 g/mol. The van der Waals surface area contributed by atoms with Crippen molar-refractivity contribution in [2.75, 3.05) is 13.1 Å². The van der Waals surface area contributed by atoms with Crippen LogP contribution in [0.1, 0.15) is 40.5 Å². The van der Waals surface area contributed by atoms with E-state index in [4.69, 9.17) is 0 Å². The molecule has 2 N–H and O–H groups in total. The Kier molecular flexibility index (Phi) is 7.45. The molecule has 0 saturated heterocycles. The summed E-state index contributed by atoms with van der Waals surface area (Å²) in [4.78, 5) is 0. The zero-order chi connectivity index (χ0) is 9.40. The van der Waals surface area contributed by atoms with Crippen LogP contribution in [0, 0.1) is 0 Å². The van der Waals surface area contributed by atoms with Crippen LogP contribution in [0.5, 0.6) is 0 Å². The normalized spacial score (nSPS) is 11.5. The van der Waals surface area contributed by atoms with Crippen molar-refractivity contribution in [3.8, 4) is 0 Å². The molecular formula is C9H23N3. The third-order valence-corrected chi connectivity index (χ3v) is 1.58. The van der Waals surface area contributed by atoms with Crippen molar-refractivity contribution in [3.05, 3.63) is 0 Å². The maximum Gasteiger partial charge on any atom is 0.0343 e. The van der Waals surface area contributed by atoms with Crippen LogP contribution < -0.4 is 10.9 Å². The molecule has 0 aliphatic rings. The monoisotopic (exact) mass is 173 g/mol. The molecule has 0 aliphatic heterocycles. The van der Waals surface area contributed by atoms with Crippen LogP contribution in [0.3, 0.4) is 0 Å². The Balaban J connectivity index is 3.55. The summed E-state index contributed by atoms with van der Waals surface area (Å²) < 4.78 is 0. The Labute approximate surface area is 76.5 Å². The summed E-state index contributed by atoms with van der Waals surface area (Å²) in [7, 11) is 0. The molecule has 0 aromatic heterocycles. The molecule has 0 rings (SSSR count). The molecule has 0 bridgehead atoms. The smallest absolute Gasteiger partial charge is 0.0343 e. The summed E-state index contributed by atoms with van der Waals surface area (Å²) >= 11 is 0. The van der Waals surface area contributed by atoms with Gasteiger partial charge in [-0.25, -0.2) is 10.9 Å². The van der Waals surface area contributed by atoms with Crippen molar-refractivity contribution >= 4 is 0 Å². The molecule has 0 aliphatic carbocycles. The van der Waals surface area contributed by atoms with Crippen LogP contribution in [0.25, 0.3) is 0 Å². The molecule has 74 valence electrons. The second-order valence-electron chi connectivity index (χ2n) is 3.28. The molecule has 0 radical (unpaired) electrons. The number of hydrazine groups is 2. The molecule has 0 fully saturated rings. The molecule has 0 atom stereocenters. The average Bonchev–Trinajstić information content (AvgIpc) is 2.04. The second kappa shape index (κ2) is 7.53. The maximum atomic E-state index is 3.33. The van der Waals surface area contributed by atoms with Gasteiger partial charge >= 0.3 is 0 Å². The van der Waals surface area contributed by atoms with Crippen LogP contribution in [0.2, 0.25) is 0 Å². The van der Waals surface area contributed by atoms with E-state index in [9.17, 15) is 0 Å².